The van der Waals surface area contributed by atoms with Crippen molar-refractivity contribution in [3.05, 3.63) is 34.9 Å². The lowest BCUT2D eigenvalue weighted by atomic mass is 10.1. The zero-order valence-electron chi connectivity index (χ0n) is 6.57. The molecule has 13 heavy (non-hydrogen) atoms. The molecule has 0 spiro atoms. The van der Waals surface area contributed by atoms with Gasteiger partial charge in [0.25, 0.3) is 0 Å². The maximum absolute atomic E-state index is 8.61. The fourth-order valence-corrected chi connectivity index (χ4v) is 1.14. The number of nitrogens with zero attached hydrogens (tertiary/aromatic N) is 1. The van der Waals surface area contributed by atoms with Crippen molar-refractivity contribution in [1.29, 1.82) is 0 Å². The maximum atomic E-state index is 8.61. The van der Waals surface area contributed by atoms with Gasteiger partial charge in [0.05, 0.1) is 0 Å². The number of hydrogen-bond acceptors (Lipinski definition) is 3. The highest BCUT2D eigenvalue weighted by Crippen LogP contribution is 2.10. The van der Waals surface area contributed by atoms with E-state index in [1.54, 1.807) is 24.3 Å². The largest absolute Gasteiger partial charge is 0.410 e. The van der Waals surface area contributed by atoms with Crippen LogP contribution in [0.1, 0.15) is 5.56 Å². The van der Waals surface area contributed by atoms with Crippen LogP contribution >= 0.6 is 23.8 Å². The first-order valence-corrected chi connectivity index (χ1v) is 4.21. The molecular formula is C8H7ClN2OS. The lowest BCUT2D eigenvalue weighted by Crippen LogP contribution is -2.21. The first-order chi connectivity index (χ1) is 6.15. The molecule has 0 amide bonds. The molecule has 3 nitrogen and oxygen atoms in total. The number of oxime groups is 1. The zero-order valence-corrected chi connectivity index (χ0v) is 8.14. The Bertz CT molecular complexity index is 348. The third-order valence-electron chi connectivity index (χ3n) is 1.45. The summed E-state index contributed by atoms with van der Waals surface area (Å²) >= 11 is 10.4. The van der Waals surface area contributed by atoms with Crippen molar-refractivity contribution in [2.45, 2.75) is 0 Å². The van der Waals surface area contributed by atoms with Crippen LogP contribution < -0.4 is 5.73 Å². The second-order valence-corrected chi connectivity index (χ2v) is 3.20. The molecule has 0 atom stereocenters. The van der Waals surface area contributed by atoms with Gasteiger partial charge in [-0.1, -0.05) is 41.1 Å². The summed E-state index contributed by atoms with van der Waals surface area (Å²) in [6, 6.07) is 6.69. The summed E-state index contributed by atoms with van der Waals surface area (Å²) in [4.78, 5) is 0.0461. The van der Waals surface area contributed by atoms with Gasteiger partial charge in [0, 0.05) is 10.6 Å². The summed E-state index contributed by atoms with van der Waals surface area (Å²) in [5, 5.41) is 12.2. The second kappa shape index (κ2) is 4.20. The number of halogens is 1. The summed E-state index contributed by atoms with van der Waals surface area (Å²) in [5.74, 6) is 0. The highest BCUT2D eigenvalue weighted by atomic mass is 35.5. The molecule has 0 saturated heterocycles. The van der Waals surface area contributed by atoms with E-state index in [1.807, 2.05) is 0 Å². The van der Waals surface area contributed by atoms with Crippen LogP contribution in [0.25, 0.3) is 0 Å². The Morgan fingerprint density at radius 2 is 1.92 bits per heavy atom. The number of benzene rings is 1. The van der Waals surface area contributed by atoms with Crippen molar-refractivity contribution in [2.75, 3.05) is 0 Å². The van der Waals surface area contributed by atoms with Crippen LogP contribution in [0.3, 0.4) is 0 Å². The van der Waals surface area contributed by atoms with E-state index in [9.17, 15) is 0 Å². The Morgan fingerprint density at radius 3 is 2.31 bits per heavy atom. The van der Waals surface area contributed by atoms with Gasteiger partial charge in [-0.3, -0.25) is 0 Å². The molecule has 1 aromatic rings. The van der Waals surface area contributed by atoms with Crippen LogP contribution in [-0.4, -0.2) is 15.9 Å². The summed E-state index contributed by atoms with van der Waals surface area (Å²) in [7, 11) is 0. The van der Waals surface area contributed by atoms with E-state index in [-0.39, 0.29) is 10.7 Å². The Morgan fingerprint density at radius 1 is 1.38 bits per heavy atom. The fourth-order valence-electron chi connectivity index (χ4n) is 0.857. The van der Waals surface area contributed by atoms with Crippen LogP contribution in [0.2, 0.25) is 5.02 Å². The molecule has 1 rings (SSSR count). The molecule has 0 unspecified atom stereocenters. The second-order valence-electron chi connectivity index (χ2n) is 2.32. The van der Waals surface area contributed by atoms with Gasteiger partial charge in [0.2, 0.25) is 0 Å². The minimum absolute atomic E-state index is 0.0461. The van der Waals surface area contributed by atoms with E-state index in [0.29, 0.717) is 10.6 Å². The molecule has 5 heteroatoms. The van der Waals surface area contributed by atoms with Gasteiger partial charge in [-0.05, 0) is 12.1 Å². The van der Waals surface area contributed by atoms with Crippen molar-refractivity contribution < 1.29 is 5.21 Å². The lowest BCUT2D eigenvalue weighted by molar-refractivity contribution is 0.320. The molecule has 0 aliphatic rings. The molecule has 0 saturated carbocycles. The van der Waals surface area contributed by atoms with Gasteiger partial charge in [0.15, 0.2) is 0 Å². The molecular weight excluding hydrogens is 208 g/mol. The molecule has 0 fully saturated rings. The van der Waals surface area contributed by atoms with Crippen molar-refractivity contribution in [3.8, 4) is 0 Å². The van der Waals surface area contributed by atoms with E-state index in [0.717, 1.165) is 0 Å². The summed E-state index contributed by atoms with van der Waals surface area (Å²) in [6.07, 6.45) is 0. The molecule has 68 valence electrons. The minimum atomic E-state index is 0.0461. The quantitative estimate of drug-likeness (QED) is 0.342. The van der Waals surface area contributed by atoms with E-state index in [2.05, 4.69) is 17.4 Å². The molecule has 0 aromatic heterocycles. The van der Waals surface area contributed by atoms with Crippen LogP contribution in [0.5, 0.6) is 0 Å². The summed E-state index contributed by atoms with van der Waals surface area (Å²) < 4.78 is 0. The highest BCUT2D eigenvalue weighted by Gasteiger charge is 2.06. The van der Waals surface area contributed by atoms with Crippen LogP contribution in [0.15, 0.2) is 29.4 Å². The topological polar surface area (TPSA) is 58.6 Å². The Hall–Kier alpha value is -1.13. The predicted molar refractivity (Wildman–Crippen MR) is 56.6 cm³/mol. The van der Waals surface area contributed by atoms with Crippen LogP contribution in [0.4, 0.5) is 0 Å². The summed E-state index contributed by atoms with van der Waals surface area (Å²) in [6.45, 7) is 0. The number of rotatable bonds is 2. The minimum Gasteiger partial charge on any atom is -0.410 e. The van der Waals surface area contributed by atoms with Crippen LogP contribution in [-0.2, 0) is 0 Å². The van der Waals surface area contributed by atoms with Crippen LogP contribution in [0, 0.1) is 0 Å². The number of nitrogens with two attached hydrogens (primary N) is 1. The molecule has 0 radical (unpaired) electrons. The van der Waals surface area contributed by atoms with Gasteiger partial charge in [-0.15, -0.1) is 0 Å². The van der Waals surface area contributed by atoms with Gasteiger partial charge in [-0.25, -0.2) is 0 Å². The van der Waals surface area contributed by atoms with Crippen molar-refractivity contribution in [2.24, 2.45) is 10.9 Å². The molecule has 1 aromatic carbocycles. The summed E-state index contributed by atoms with van der Waals surface area (Å²) in [5.41, 5.74) is 6.15. The predicted octanol–water partition coefficient (Wildman–Crippen LogP) is 1.80. The van der Waals surface area contributed by atoms with Gasteiger partial charge < -0.3 is 10.9 Å². The normalized spacial score (nSPS) is 11.3. The highest BCUT2D eigenvalue weighted by molar-refractivity contribution is 7.82. The van der Waals surface area contributed by atoms with Gasteiger partial charge in [0.1, 0.15) is 10.7 Å². The average Bonchev–Trinajstić information content (AvgIpc) is 2.09. The Balaban J connectivity index is 3.07. The fraction of sp³-hybridized carbons (Fsp3) is 0. The Kier molecular flexibility index (Phi) is 3.22. The van der Waals surface area contributed by atoms with Crippen molar-refractivity contribution in [1.82, 2.24) is 0 Å². The molecule has 0 heterocycles. The monoisotopic (exact) mass is 214 g/mol. The van der Waals surface area contributed by atoms with Crippen molar-refractivity contribution in [3.63, 3.8) is 0 Å². The Labute approximate surface area is 85.8 Å². The van der Waals surface area contributed by atoms with E-state index in [4.69, 9.17) is 22.5 Å². The maximum Gasteiger partial charge on any atom is 0.143 e. The first-order valence-electron chi connectivity index (χ1n) is 3.43. The lowest BCUT2D eigenvalue weighted by Gasteiger charge is -2.01. The molecule has 0 bridgehead atoms. The number of hydrogen-bond donors (Lipinski definition) is 2. The zero-order chi connectivity index (χ0) is 9.84. The smallest absolute Gasteiger partial charge is 0.143 e. The standard InChI is InChI=1S/C8H7ClN2OS/c9-6-3-1-5(2-4-6)7(11-12)8(10)13/h1-4,12H,(H2,10,13)/b11-7-. The first kappa shape index (κ1) is 9.95. The molecule has 0 aliphatic carbocycles. The third kappa shape index (κ3) is 2.40. The average molecular weight is 215 g/mol. The molecule has 0 aliphatic heterocycles. The van der Waals surface area contributed by atoms with E-state index < -0.39 is 0 Å². The van der Waals surface area contributed by atoms with Crippen molar-refractivity contribution >= 4 is 34.5 Å². The third-order valence-corrected chi connectivity index (χ3v) is 1.90. The SMILES string of the molecule is NC(=S)/C(=N\O)c1ccc(Cl)cc1. The van der Waals surface area contributed by atoms with E-state index in [1.165, 1.54) is 0 Å². The van der Waals surface area contributed by atoms with Gasteiger partial charge >= 0.3 is 0 Å². The van der Waals surface area contributed by atoms with E-state index >= 15 is 0 Å². The molecule has 3 N–H and O–H groups in total. The van der Waals surface area contributed by atoms with Gasteiger partial charge in [-0.2, -0.15) is 0 Å². The number of thiocarbonyl (C=S) groups is 1.